The summed E-state index contributed by atoms with van der Waals surface area (Å²) in [6, 6.07) is -0.584. The number of rotatable bonds is 2. The molecule has 0 atom stereocenters. The predicted molar refractivity (Wildman–Crippen MR) is 43.2 cm³/mol. The lowest BCUT2D eigenvalue weighted by atomic mass is 10.2. The van der Waals surface area contributed by atoms with Gasteiger partial charge in [-0.05, 0) is 0 Å². The highest BCUT2D eigenvalue weighted by Gasteiger charge is 2.28. The van der Waals surface area contributed by atoms with Crippen molar-refractivity contribution in [1.82, 2.24) is 15.8 Å². The van der Waals surface area contributed by atoms with Crippen LogP contribution in [-0.2, 0) is 9.59 Å². The average molecular weight is 185 g/mol. The maximum absolute atomic E-state index is 11.1. The Hall–Kier alpha value is -1.59. The van der Waals surface area contributed by atoms with E-state index in [1.54, 1.807) is 13.8 Å². The lowest BCUT2D eigenvalue weighted by Gasteiger charge is -2.15. The second-order valence-corrected chi connectivity index (χ2v) is 3.07. The first-order chi connectivity index (χ1) is 6.00. The van der Waals surface area contributed by atoms with Crippen molar-refractivity contribution in [2.24, 2.45) is 5.92 Å². The molecule has 0 aliphatic carbocycles. The number of hydrogen-bond donors (Lipinski definition) is 2. The van der Waals surface area contributed by atoms with Crippen LogP contribution < -0.4 is 10.7 Å². The maximum atomic E-state index is 11.1. The van der Waals surface area contributed by atoms with E-state index in [0.29, 0.717) is 0 Å². The van der Waals surface area contributed by atoms with Gasteiger partial charge in [-0.3, -0.25) is 20.3 Å². The summed E-state index contributed by atoms with van der Waals surface area (Å²) in [5.41, 5.74) is 2.32. The Bertz CT molecular complexity index is 262. The molecular weight excluding hydrogens is 174 g/mol. The van der Waals surface area contributed by atoms with Crippen molar-refractivity contribution in [2.45, 2.75) is 13.8 Å². The van der Waals surface area contributed by atoms with Crippen molar-refractivity contribution >= 4 is 17.8 Å². The SMILES string of the molecule is CC(C)C(=O)NN1CC(=O)NC1=O. The summed E-state index contributed by atoms with van der Waals surface area (Å²) >= 11 is 0. The monoisotopic (exact) mass is 185 g/mol. The van der Waals surface area contributed by atoms with Gasteiger partial charge in [0.05, 0.1) is 0 Å². The Balaban J connectivity index is 2.51. The quantitative estimate of drug-likeness (QED) is 0.554. The number of carbonyl (C=O) groups excluding carboxylic acids is 3. The lowest BCUT2D eigenvalue weighted by Crippen LogP contribution is -2.45. The summed E-state index contributed by atoms with van der Waals surface area (Å²) in [4.78, 5) is 32.7. The number of nitrogens with one attached hydrogen (secondary N) is 2. The van der Waals surface area contributed by atoms with Crippen LogP contribution >= 0.6 is 0 Å². The fourth-order valence-corrected chi connectivity index (χ4v) is 0.794. The molecule has 0 saturated carbocycles. The third-order valence-electron chi connectivity index (χ3n) is 1.56. The van der Waals surface area contributed by atoms with Crippen molar-refractivity contribution in [3.8, 4) is 0 Å². The molecule has 2 N–H and O–H groups in total. The standard InChI is InChI=1S/C7H11N3O3/c1-4(2)6(12)9-10-3-5(11)8-7(10)13/h4H,3H2,1-2H3,(H,9,12)(H,8,11,13). The molecule has 13 heavy (non-hydrogen) atoms. The molecule has 0 radical (unpaired) electrons. The molecule has 0 unspecified atom stereocenters. The van der Waals surface area contributed by atoms with Crippen LogP contribution in [0.4, 0.5) is 4.79 Å². The molecule has 0 bridgehead atoms. The molecule has 0 aromatic carbocycles. The van der Waals surface area contributed by atoms with Gasteiger partial charge in [0.15, 0.2) is 0 Å². The van der Waals surface area contributed by atoms with E-state index in [4.69, 9.17) is 0 Å². The number of amides is 4. The molecule has 4 amide bonds. The van der Waals surface area contributed by atoms with Crippen LogP contribution in [-0.4, -0.2) is 29.4 Å². The Morgan fingerprint density at radius 1 is 1.54 bits per heavy atom. The molecule has 1 aliphatic rings. The highest BCUT2D eigenvalue weighted by Crippen LogP contribution is 1.97. The zero-order chi connectivity index (χ0) is 10.0. The summed E-state index contributed by atoms with van der Waals surface area (Å²) in [5.74, 6) is -0.914. The third-order valence-corrected chi connectivity index (χ3v) is 1.56. The van der Waals surface area contributed by atoms with Crippen molar-refractivity contribution in [2.75, 3.05) is 6.54 Å². The van der Waals surface area contributed by atoms with E-state index in [9.17, 15) is 14.4 Å². The minimum atomic E-state index is -0.584. The second kappa shape index (κ2) is 3.42. The first-order valence-electron chi connectivity index (χ1n) is 3.92. The molecular formula is C7H11N3O3. The van der Waals surface area contributed by atoms with Crippen molar-refractivity contribution in [3.05, 3.63) is 0 Å². The van der Waals surface area contributed by atoms with Gasteiger partial charge < -0.3 is 0 Å². The molecule has 6 nitrogen and oxygen atoms in total. The fraction of sp³-hybridized carbons (Fsp3) is 0.571. The first-order valence-corrected chi connectivity index (χ1v) is 3.92. The predicted octanol–water partition coefficient (Wildman–Crippen LogP) is -0.775. The lowest BCUT2D eigenvalue weighted by molar-refractivity contribution is -0.127. The molecule has 0 spiro atoms. The van der Waals surface area contributed by atoms with Crippen LogP contribution in [0.2, 0.25) is 0 Å². The summed E-state index contributed by atoms with van der Waals surface area (Å²) in [6.45, 7) is 3.29. The minimum absolute atomic E-state index is 0.114. The van der Waals surface area contributed by atoms with Crippen LogP contribution in [0.1, 0.15) is 13.8 Å². The zero-order valence-corrected chi connectivity index (χ0v) is 7.46. The van der Waals surface area contributed by atoms with E-state index in [0.717, 1.165) is 5.01 Å². The van der Waals surface area contributed by atoms with Gasteiger partial charge in [0, 0.05) is 5.92 Å². The van der Waals surface area contributed by atoms with E-state index in [1.807, 2.05) is 5.32 Å². The average Bonchev–Trinajstić information content (AvgIpc) is 2.30. The van der Waals surface area contributed by atoms with E-state index in [1.165, 1.54) is 0 Å². The molecule has 1 fully saturated rings. The van der Waals surface area contributed by atoms with Gasteiger partial charge in [0.1, 0.15) is 6.54 Å². The van der Waals surface area contributed by atoms with E-state index in [-0.39, 0.29) is 18.4 Å². The molecule has 0 aromatic rings. The molecule has 1 heterocycles. The van der Waals surface area contributed by atoms with Gasteiger partial charge in [-0.15, -0.1) is 0 Å². The summed E-state index contributed by atoms with van der Waals surface area (Å²) in [7, 11) is 0. The number of hydrogen-bond acceptors (Lipinski definition) is 3. The highest BCUT2D eigenvalue weighted by atomic mass is 16.2. The van der Waals surface area contributed by atoms with Crippen LogP contribution in [0.3, 0.4) is 0 Å². The number of carbonyl (C=O) groups is 3. The smallest absolute Gasteiger partial charge is 0.275 e. The number of imide groups is 1. The topological polar surface area (TPSA) is 78.5 Å². The molecule has 1 rings (SSSR count). The largest absolute Gasteiger partial charge is 0.343 e. The van der Waals surface area contributed by atoms with E-state index >= 15 is 0 Å². The summed E-state index contributed by atoms with van der Waals surface area (Å²) < 4.78 is 0. The van der Waals surface area contributed by atoms with Crippen LogP contribution in [0.25, 0.3) is 0 Å². The molecule has 0 aromatic heterocycles. The summed E-state index contributed by atoms with van der Waals surface area (Å²) in [6.07, 6.45) is 0. The number of nitrogens with zero attached hydrogens (tertiary/aromatic N) is 1. The fourth-order valence-electron chi connectivity index (χ4n) is 0.794. The Labute approximate surface area is 75.2 Å². The van der Waals surface area contributed by atoms with Crippen LogP contribution in [0.5, 0.6) is 0 Å². The second-order valence-electron chi connectivity index (χ2n) is 3.07. The van der Waals surface area contributed by atoms with Gasteiger partial charge in [-0.2, -0.15) is 0 Å². The van der Waals surface area contributed by atoms with Gasteiger partial charge in [-0.25, -0.2) is 9.80 Å². The van der Waals surface area contributed by atoms with Gasteiger partial charge in [0.2, 0.25) is 11.8 Å². The molecule has 72 valence electrons. The summed E-state index contributed by atoms with van der Waals surface area (Å²) in [5, 5.41) is 3.01. The van der Waals surface area contributed by atoms with Gasteiger partial charge >= 0.3 is 6.03 Å². The van der Waals surface area contributed by atoms with Crippen LogP contribution in [0, 0.1) is 5.92 Å². The van der Waals surface area contributed by atoms with Crippen molar-refractivity contribution in [3.63, 3.8) is 0 Å². The Morgan fingerprint density at radius 2 is 2.15 bits per heavy atom. The first kappa shape index (κ1) is 9.50. The van der Waals surface area contributed by atoms with Gasteiger partial charge in [-0.1, -0.05) is 13.8 Å². The Morgan fingerprint density at radius 3 is 2.54 bits per heavy atom. The number of hydrazine groups is 1. The van der Waals surface area contributed by atoms with Crippen LogP contribution in [0.15, 0.2) is 0 Å². The van der Waals surface area contributed by atoms with E-state index < -0.39 is 11.9 Å². The molecule has 1 aliphatic heterocycles. The van der Waals surface area contributed by atoms with Crippen molar-refractivity contribution < 1.29 is 14.4 Å². The molecule has 6 heteroatoms. The van der Waals surface area contributed by atoms with E-state index in [2.05, 4.69) is 5.43 Å². The molecule has 1 saturated heterocycles. The van der Waals surface area contributed by atoms with Gasteiger partial charge in [0.25, 0.3) is 0 Å². The van der Waals surface area contributed by atoms with Crippen molar-refractivity contribution in [1.29, 1.82) is 0 Å². The minimum Gasteiger partial charge on any atom is -0.275 e. The third kappa shape index (κ3) is 2.17. The zero-order valence-electron chi connectivity index (χ0n) is 7.46. The highest BCUT2D eigenvalue weighted by molar-refractivity contribution is 6.02. The number of urea groups is 1. The normalized spacial score (nSPS) is 16.4. The maximum Gasteiger partial charge on any atom is 0.343 e. The Kier molecular flexibility index (Phi) is 2.50.